The van der Waals surface area contributed by atoms with E-state index in [4.69, 9.17) is 0 Å². The van der Waals surface area contributed by atoms with Crippen LogP contribution in [0.5, 0.6) is 0 Å². The van der Waals surface area contributed by atoms with E-state index in [1.165, 1.54) is 27.0 Å². The van der Waals surface area contributed by atoms with Crippen molar-refractivity contribution in [3.63, 3.8) is 0 Å². The van der Waals surface area contributed by atoms with Gasteiger partial charge in [-0.15, -0.1) is 0 Å². The first kappa shape index (κ1) is 22.6. The smallest absolute Gasteiger partial charge is 0.387 e. The highest BCUT2D eigenvalue weighted by Crippen LogP contribution is 2.34. The SMILES string of the molecule is Cc1cc(C(F)(F)F)cc(N2C(=O)C(O)C(O)C2C(=O)N(C)c2ccc(F)c(C)n2)n1. The molecule has 8 nitrogen and oxygen atoms in total. The summed E-state index contributed by atoms with van der Waals surface area (Å²) in [6.45, 7) is 2.62. The molecule has 12 heteroatoms. The van der Waals surface area contributed by atoms with Gasteiger partial charge in [-0.2, -0.15) is 13.2 Å². The molecule has 0 bridgehead atoms. The zero-order valence-corrected chi connectivity index (χ0v) is 16.6. The number of carbonyl (C=O) groups excluding carboxylic acids is 2. The lowest BCUT2D eigenvalue weighted by atomic mass is 10.1. The van der Waals surface area contributed by atoms with Crippen molar-refractivity contribution < 1.29 is 37.4 Å². The lowest BCUT2D eigenvalue weighted by molar-refractivity contribution is -0.137. The molecule has 1 aliphatic rings. The number of hydrogen-bond acceptors (Lipinski definition) is 6. The fraction of sp³-hybridized carbons (Fsp3) is 0.368. The number of amides is 2. The molecule has 1 saturated heterocycles. The van der Waals surface area contributed by atoms with Crippen LogP contribution in [-0.2, 0) is 15.8 Å². The van der Waals surface area contributed by atoms with Crippen LogP contribution in [0.3, 0.4) is 0 Å². The second kappa shape index (κ2) is 7.85. The van der Waals surface area contributed by atoms with E-state index in [2.05, 4.69) is 9.97 Å². The number of halogens is 4. The predicted octanol–water partition coefficient (Wildman–Crippen LogP) is 1.35. The van der Waals surface area contributed by atoms with E-state index >= 15 is 0 Å². The molecule has 3 atom stereocenters. The maximum atomic E-state index is 13.5. The second-order valence-electron chi connectivity index (χ2n) is 7.08. The number of alkyl halides is 3. The molecule has 1 fully saturated rings. The van der Waals surface area contributed by atoms with Gasteiger partial charge in [0.25, 0.3) is 11.8 Å². The number of nitrogens with zero attached hydrogens (tertiary/aromatic N) is 4. The molecular weight excluding hydrogens is 424 g/mol. The molecule has 166 valence electrons. The first-order valence-electron chi connectivity index (χ1n) is 8.98. The summed E-state index contributed by atoms with van der Waals surface area (Å²) in [5.74, 6) is -3.36. The summed E-state index contributed by atoms with van der Waals surface area (Å²) in [4.78, 5) is 34.8. The van der Waals surface area contributed by atoms with E-state index in [0.29, 0.717) is 11.0 Å². The van der Waals surface area contributed by atoms with Crippen molar-refractivity contribution in [1.82, 2.24) is 9.97 Å². The number of carbonyl (C=O) groups is 2. The zero-order valence-electron chi connectivity index (χ0n) is 16.6. The monoisotopic (exact) mass is 442 g/mol. The molecule has 3 rings (SSSR count). The molecule has 3 unspecified atom stereocenters. The van der Waals surface area contributed by atoms with Gasteiger partial charge >= 0.3 is 6.18 Å². The normalized spacial score (nSPS) is 21.5. The van der Waals surface area contributed by atoms with Crippen LogP contribution in [0.1, 0.15) is 17.0 Å². The number of rotatable bonds is 3. The number of anilines is 2. The number of aromatic nitrogens is 2. The molecule has 31 heavy (non-hydrogen) atoms. The van der Waals surface area contributed by atoms with Gasteiger partial charge in [-0.1, -0.05) is 0 Å². The van der Waals surface area contributed by atoms with Gasteiger partial charge in [-0.05, 0) is 38.1 Å². The molecule has 0 saturated carbocycles. The highest BCUT2D eigenvalue weighted by atomic mass is 19.4. The maximum absolute atomic E-state index is 13.5. The lowest BCUT2D eigenvalue weighted by Crippen LogP contribution is -2.50. The Labute approximate surface area is 173 Å². The number of likely N-dealkylation sites (N-methyl/N-ethyl adjacent to an activating group) is 1. The van der Waals surface area contributed by atoms with Crippen LogP contribution in [0.15, 0.2) is 24.3 Å². The third-order valence-corrected chi connectivity index (χ3v) is 4.86. The van der Waals surface area contributed by atoms with E-state index in [1.807, 2.05) is 0 Å². The van der Waals surface area contributed by atoms with Crippen LogP contribution < -0.4 is 9.80 Å². The van der Waals surface area contributed by atoms with Crippen molar-refractivity contribution in [1.29, 1.82) is 0 Å². The summed E-state index contributed by atoms with van der Waals surface area (Å²) >= 11 is 0. The minimum atomic E-state index is -4.76. The molecule has 2 aromatic heterocycles. The van der Waals surface area contributed by atoms with Crippen LogP contribution in [0, 0.1) is 19.7 Å². The van der Waals surface area contributed by atoms with E-state index in [9.17, 15) is 37.4 Å². The Hall–Kier alpha value is -3.12. The summed E-state index contributed by atoms with van der Waals surface area (Å²) < 4.78 is 53.1. The van der Waals surface area contributed by atoms with Crippen molar-refractivity contribution in [2.24, 2.45) is 0 Å². The van der Waals surface area contributed by atoms with E-state index in [0.717, 1.165) is 17.0 Å². The second-order valence-corrected chi connectivity index (χ2v) is 7.08. The van der Waals surface area contributed by atoms with Gasteiger partial charge in [0.15, 0.2) is 6.10 Å². The molecule has 2 amide bonds. The largest absolute Gasteiger partial charge is 0.416 e. The average molecular weight is 442 g/mol. The third kappa shape index (κ3) is 4.08. The molecule has 0 aromatic carbocycles. The molecule has 0 aliphatic carbocycles. The molecule has 2 aromatic rings. The molecule has 3 heterocycles. The lowest BCUT2D eigenvalue weighted by Gasteiger charge is -2.28. The van der Waals surface area contributed by atoms with Gasteiger partial charge in [-0.25, -0.2) is 14.4 Å². The van der Waals surface area contributed by atoms with Crippen LogP contribution in [0.25, 0.3) is 0 Å². The van der Waals surface area contributed by atoms with Crippen LogP contribution in [-0.4, -0.2) is 57.3 Å². The van der Waals surface area contributed by atoms with Crippen molar-refractivity contribution >= 4 is 23.5 Å². The van der Waals surface area contributed by atoms with Crippen LogP contribution >= 0.6 is 0 Å². The topological polar surface area (TPSA) is 107 Å². The molecule has 2 N–H and O–H groups in total. The molecular formula is C19H18F4N4O4. The Bertz CT molecular complexity index is 1050. The van der Waals surface area contributed by atoms with Crippen molar-refractivity contribution in [2.75, 3.05) is 16.8 Å². The van der Waals surface area contributed by atoms with Crippen molar-refractivity contribution in [3.05, 3.63) is 47.0 Å². The fourth-order valence-corrected chi connectivity index (χ4v) is 3.23. The summed E-state index contributed by atoms with van der Waals surface area (Å²) in [5, 5.41) is 20.4. The Morgan fingerprint density at radius 3 is 2.39 bits per heavy atom. The summed E-state index contributed by atoms with van der Waals surface area (Å²) in [5.41, 5.74) is -1.23. The number of hydrogen-bond donors (Lipinski definition) is 2. The van der Waals surface area contributed by atoms with Gasteiger partial charge in [0.1, 0.15) is 29.6 Å². The van der Waals surface area contributed by atoms with Gasteiger partial charge in [0.2, 0.25) is 0 Å². The van der Waals surface area contributed by atoms with Crippen LogP contribution in [0.2, 0.25) is 0 Å². The Morgan fingerprint density at radius 2 is 1.81 bits per heavy atom. The third-order valence-electron chi connectivity index (χ3n) is 4.86. The van der Waals surface area contributed by atoms with Crippen molar-refractivity contribution in [3.8, 4) is 0 Å². The summed E-state index contributed by atoms with van der Waals surface area (Å²) in [6, 6.07) is 1.76. The number of aryl methyl sites for hydroxylation is 2. The quantitative estimate of drug-likeness (QED) is 0.696. The predicted molar refractivity (Wildman–Crippen MR) is 99.6 cm³/mol. The first-order chi connectivity index (χ1) is 14.3. The van der Waals surface area contributed by atoms with E-state index < -0.39 is 53.4 Å². The average Bonchev–Trinajstić information content (AvgIpc) is 2.91. The number of aliphatic hydroxyl groups is 2. The minimum absolute atomic E-state index is 0.0211. The maximum Gasteiger partial charge on any atom is 0.416 e. The van der Waals surface area contributed by atoms with Gasteiger partial charge < -0.3 is 10.2 Å². The minimum Gasteiger partial charge on any atom is -0.387 e. The fourth-order valence-electron chi connectivity index (χ4n) is 3.23. The van der Waals surface area contributed by atoms with Gasteiger partial charge in [0.05, 0.1) is 11.3 Å². The Morgan fingerprint density at radius 1 is 1.16 bits per heavy atom. The Balaban J connectivity index is 2.05. The molecule has 0 spiro atoms. The molecule has 0 radical (unpaired) electrons. The van der Waals surface area contributed by atoms with Gasteiger partial charge in [-0.3, -0.25) is 19.4 Å². The van der Waals surface area contributed by atoms with Gasteiger partial charge in [0, 0.05) is 12.7 Å². The standard InChI is InChI=1S/C19H18F4N4O4/c1-8-6-10(19(21,22)23)7-13(24-8)27-14(15(28)16(29)18(27)31)17(30)26(3)12-5-4-11(20)9(2)25-12/h4-7,14-16,28-29H,1-3H3. The van der Waals surface area contributed by atoms with E-state index in [-0.39, 0.29) is 17.2 Å². The summed E-state index contributed by atoms with van der Waals surface area (Å²) in [6.07, 6.45) is -8.75. The van der Waals surface area contributed by atoms with Crippen molar-refractivity contribution in [2.45, 2.75) is 38.3 Å². The number of aliphatic hydroxyl groups excluding tert-OH is 2. The van der Waals surface area contributed by atoms with E-state index in [1.54, 1.807) is 0 Å². The Kier molecular flexibility index (Phi) is 5.72. The highest BCUT2D eigenvalue weighted by Gasteiger charge is 2.52. The molecule has 1 aliphatic heterocycles. The first-order valence-corrected chi connectivity index (χ1v) is 8.98. The highest BCUT2D eigenvalue weighted by molar-refractivity contribution is 6.10. The number of pyridine rings is 2. The van der Waals surface area contributed by atoms with Crippen LogP contribution in [0.4, 0.5) is 29.2 Å². The zero-order chi connectivity index (χ0) is 23.2. The summed E-state index contributed by atoms with van der Waals surface area (Å²) in [7, 11) is 1.23.